The molecule has 0 aromatic heterocycles. The molecule has 6 rings (SSSR count). The number of aryl methyl sites for hydroxylation is 2. The number of aliphatic imine (C=N–C) groups is 1. The van der Waals surface area contributed by atoms with Crippen LogP contribution in [0.3, 0.4) is 0 Å². The number of methoxy groups -OCH3 is 1. The first-order valence-corrected chi connectivity index (χ1v) is 15.1. The number of ether oxygens (including phenoxy) is 1. The fourth-order valence-electron chi connectivity index (χ4n) is 5.67. The van der Waals surface area contributed by atoms with Gasteiger partial charge in [0.25, 0.3) is 0 Å². The van der Waals surface area contributed by atoms with E-state index in [1.807, 2.05) is 19.1 Å². The van der Waals surface area contributed by atoms with Gasteiger partial charge in [-0.3, -0.25) is 4.99 Å². The molecule has 6 nitrogen and oxygen atoms in total. The summed E-state index contributed by atoms with van der Waals surface area (Å²) in [5, 5.41) is 3.79. The van der Waals surface area contributed by atoms with Gasteiger partial charge in [0.1, 0.15) is 4.90 Å². The molecule has 0 bridgehead atoms. The van der Waals surface area contributed by atoms with Gasteiger partial charge in [-0.1, -0.05) is 59.7 Å². The monoisotopic (exact) mass is 564 g/mol. The van der Waals surface area contributed by atoms with E-state index in [0.717, 1.165) is 23.2 Å². The summed E-state index contributed by atoms with van der Waals surface area (Å²) in [6.45, 7) is 4.04. The second kappa shape index (κ2) is 10.9. The Balaban J connectivity index is 1.17. The Morgan fingerprint density at radius 3 is 2.39 bits per heavy atom. The van der Waals surface area contributed by atoms with E-state index < -0.39 is 10.1 Å². The third-order valence-electron chi connectivity index (χ3n) is 7.83. The summed E-state index contributed by atoms with van der Waals surface area (Å²) in [6, 6.07) is 26.8. The van der Waals surface area contributed by atoms with Crippen molar-refractivity contribution in [1.29, 1.82) is 0 Å². The largest absolute Gasteiger partial charge is 0.493 e. The highest BCUT2D eigenvalue weighted by Gasteiger charge is 2.37. The Morgan fingerprint density at radius 1 is 0.878 bits per heavy atom. The molecule has 0 saturated heterocycles. The molecular weight excluding hydrogens is 532 g/mol. The number of fused-ring (bicyclic) bond motifs is 3. The molecule has 2 aliphatic rings. The molecule has 208 valence electrons. The van der Waals surface area contributed by atoms with Gasteiger partial charge in [0.05, 0.1) is 18.8 Å². The van der Waals surface area contributed by atoms with Gasteiger partial charge in [0.15, 0.2) is 11.5 Å². The average molecular weight is 565 g/mol. The van der Waals surface area contributed by atoms with Crippen LogP contribution in [0, 0.1) is 19.8 Å². The lowest BCUT2D eigenvalue weighted by molar-refractivity contribution is 0.390. The zero-order valence-electron chi connectivity index (χ0n) is 23.2. The highest BCUT2D eigenvalue weighted by Crippen LogP contribution is 2.50. The molecule has 3 atom stereocenters. The molecule has 4 aromatic rings. The summed E-state index contributed by atoms with van der Waals surface area (Å²) in [7, 11) is -2.52. The molecule has 0 unspecified atom stereocenters. The van der Waals surface area contributed by atoms with E-state index >= 15 is 0 Å². The van der Waals surface area contributed by atoms with E-state index in [1.54, 1.807) is 36.5 Å². The quantitative estimate of drug-likeness (QED) is 0.142. The maximum absolute atomic E-state index is 12.7. The zero-order chi connectivity index (χ0) is 28.6. The van der Waals surface area contributed by atoms with E-state index in [4.69, 9.17) is 8.92 Å². The van der Waals surface area contributed by atoms with Crippen molar-refractivity contribution >= 4 is 27.7 Å². The van der Waals surface area contributed by atoms with Gasteiger partial charge in [0.2, 0.25) is 0 Å². The van der Waals surface area contributed by atoms with Crippen LogP contribution in [0.25, 0.3) is 0 Å². The molecule has 0 amide bonds. The van der Waals surface area contributed by atoms with Crippen molar-refractivity contribution in [3.63, 3.8) is 0 Å². The molecule has 0 fully saturated rings. The maximum Gasteiger partial charge on any atom is 0.339 e. The van der Waals surface area contributed by atoms with E-state index in [9.17, 15) is 8.42 Å². The molecule has 0 radical (unpaired) electrons. The predicted molar refractivity (Wildman–Crippen MR) is 163 cm³/mol. The maximum atomic E-state index is 12.7. The van der Waals surface area contributed by atoms with Crippen LogP contribution in [0.5, 0.6) is 11.5 Å². The number of hydrogen-bond donors (Lipinski definition) is 1. The number of rotatable bonds is 7. The van der Waals surface area contributed by atoms with Crippen molar-refractivity contribution in [2.24, 2.45) is 10.9 Å². The fraction of sp³-hybridized carbons (Fsp3) is 0.206. The topological polar surface area (TPSA) is 77.0 Å². The average Bonchev–Trinajstić information content (AvgIpc) is 3.47. The van der Waals surface area contributed by atoms with E-state index in [2.05, 4.69) is 59.7 Å². The van der Waals surface area contributed by atoms with Gasteiger partial charge in [-0.25, -0.2) is 0 Å². The second-order valence-electron chi connectivity index (χ2n) is 10.7. The van der Waals surface area contributed by atoms with Crippen molar-refractivity contribution in [2.75, 3.05) is 12.4 Å². The van der Waals surface area contributed by atoms with Crippen LogP contribution in [-0.2, 0) is 10.1 Å². The molecule has 0 spiro atoms. The van der Waals surface area contributed by atoms with Gasteiger partial charge in [0, 0.05) is 17.8 Å². The van der Waals surface area contributed by atoms with Crippen molar-refractivity contribution in [3.05, 3.63) is 125 Å². The standard InChI is InChI=1S/C34H32N2O4S/c1-22-7-15-27(16-8-22)41(37,38)40-32-18-10-24(20-33(32)39-3)21-35-26-13-11-25(12-14-26)34-29-6-4-5-28(29)30-19-23(2)9-17-31(30)36-34/h4-5,7-21,28-29,34,36H,6H2,1-3H3/t28-,29+,34-/m0/s1. The van der Waals surface area contributed by atoms with Crippen LogP contribution in [0.15, 0.2) is 107 Å². The number of anilines is 1. The number of nitrogens with one attached hydrogen (secondary N) is 1. The Bertz CT molecular complexity index is 1740. The minimum Gasteiger partial charge on any atom is -0.493 e. The second-order valence-corrected chi connectivity index (χ2v) is 12.2. The lowest BCUT2D eigenvalue weighted by Crippen LogP contribution is -2.29. The Labute approximate surface area is 241 Å². The Kier molecular flexibility index (Phi) is 7.14. The van der Waals surface area contributed by atoms with Gasteiger partial charge < -0.3 is 14.2 Å². The summed E-state index contributed by atoms with van der Waals surface area (Å²) >= 11 is 0. The molecule has 1 aliphatic carbocycles. The summed E-state index contributed by atoms with van der Waals surface area (Å²) in [4.78, 5) is 4.72. The minimum absolute atomic E-state index is 0.0849. The molecule has 4 aromatic carbocycles. The van der Waals surface area contributed by atoms with Crippen LogP contribution >= 0.6 is 0 Å². The SMILES string of the molecule is COc1cc(C=Nc2ccc([C@@H]3Nc4ccc(C)cc4[C@H]4C=CC[C@H]43)cc2)ccc1OS(=O)(=O)c1ccc(C)cc1. The van der Waals surface area contributed by atoms with Crippen molar-refractivity contribution in [3.8, 4) is 11.5 Å². The van der Waals surface area contributed by atoms with Gasteiger partial charge in [-0.2, -0.15) is 8.42 Å². The summed E-state index contributed by atoms with van der Waals surface area (Å²) in [6.07, 6.45) is 7.45. The smallest absolute Gasteiger partial charge is 0.339 e. The van der Waals surface area contributed by atoms with Crippen LogP contribution in [-0.4, -0.2) is 21.7 Å². The summed E-state index contributed by atoms with van der Waals surface area (Å²) < 4.78 is 36.3. The van der Waals surface area contributed by atoms with E-state index in [0.29, 0.717) is 17.6 Å². The molecule has 1 heterocycles. The van der Waals surface area contributed by atoms with Crippen molar-refractivity contribution in [2.45, 2.75) is 37.1 Å². The highest BCUT2D eigenvalue weighted by atomic mass is 32.2. The molecule has 0 saturated carbocycles. The fourth-order valence-corrected chi connectivity index (χ4v) is 6.60. The number of allylic oxidation sites excluding steroid dienone is 2. The minimum atomic E-state index is -3.99. The lowest BCUT2D eigenvalue weighted by atomic mass is 9.76. The van der Waals surface area contributed by atoms with E-state index in [1.165, 1.54) is 41.6 Å². The Hall–Kier alpha value is -4.36. The van der Waals surface area contributed by atoms with Crippen LogP contribution in [0.4, 0.5) is 11.4 Å². The first kappa shape index (κ1) is 26.8. The number of nitrogens with zero attached hydrogens (tertiary/aromatic N) is 1. The Morgan fingerprint density at radius 2 is 1.63 bits per heavy atom. The first-order chi connectivity index (χ1) is 19.8. The number of benzene rings is 4. The van der Waals surface area contributed by atoms with Crippen LogP contribution in [0.1, 0.15) is 46.2 Å². The zero-order valence-corrected chi connectivity index (χ0v) is 24.1. The predicted octanol–water partition coefficient (Wildman–Crippen LogP) is 7.66. The first-order valence-electron chi connectivity index (χ1n) is 13.7. The van der Waals surface area contributed by atoms with Gasteiger partial charge >= 0.3 is 10.1 Å². The molecule has 1 aliphatic heterocycles. The third kappa shape index (κ3) is 5.50. The summed E-state index contributed by atoms with van der Waals surface area (Å²) in [5.74, 6) is 1.34. The van der Waals surface area contributed by atoms with Crippen molar-refractivity contribution < 1.29 is 17.3 Å². The summed E-state index contributed by atoms with van der Waals surface area (Å²) in [5.41, 5.74) is 7.68. The molecule has 41 heavy (non-hydrogen) atoms. The molecule has 1 N–H and O–H groups in total. The van der Waals surface area contributed by atoms with Crippen LogP contribution in [0.2, 0.25) is 0 Å². The van der Waals surface area contributed by atoms with Gasteiger partial charge in [-0.15, -0.1) is 0 Å². The normalized spacial score (nSPS) is 19.4. The van der Waals surface area contributed by atoms with Crippen molar-refractivity contribution in [1.82, 2.24) is 0 Å². The number of hydrogen-bond acceptors (Lipinski definition) is 6. The molecule has 7 heteroatoms. The highest BCUT2D eigenvalue weighted by molar-refractivity contribution is 7.87. The third-order valence-corrected chi connectivity index (χ3v) is 9.08. The van der Waals surface area contributed by atoms with Crippen LogP contribution < -0.4 is 14.2 Å². The molecular formula is C34H32N2O4S. The lowest BCUT2D eigenvalue weighted by Gasteiger charge is -2.37. The van der Waals surface area contributed by atoms with E-state index in [-0.39, 0.29) is 16.7 Å². The van der Waals surface area contributed by atoms with Gasteiger partial charge in [-0.05, 0) is 91.4 Å².